The molecule has 0 amide bonds. The highest BCUT2D eigenvalue weighted by Gasteiger charge is 2.09. The summed E-state index contributed by atoms with van der Waals surface area (Å²) in [5, 5.41) is 0. The molecule has 0 heterocycles. The van der Waals surface area contributed by atoms with Gasteiger partial charge in [-0.05, 0) is 26.8 Å². The second kappa shape index (κ2) is 6.54. The highest BCUT2D eigenvalue weighted by Crippen LogP contribution is 1.96. The normalized spacial score (nSPS) is 14.9. The summed E-state index contributed by atoms with van der Waals surface area (Å²) in [5.41, 5.74) is 6.51. The molecule has 1 atom stereocenters. The van der Waals surface area contributed by atoms with E-state index in [9.17, 15) is 4.79 Å². The number of allylic oxidation sites excluding steroid dienone is 2. The van der Waals surface area contributed by atoms with Crippen LogP contribution in [0.2, 0.25) is 0 Å². The van der Waals surface area contributed by atoms with E-state index in [1.54, 1.807) is 0 Å². The van der Waals surface area contributed by atoms with E-state index >= 15 is 0 Å². The maximum absolute atomic E-state index is 10.9. The zero-order chi connectivity index (χ0) is 10.3. The van der Waals surface area contributed by atoms with E-state index in [4.69, 9.17) is 5.73 Å². The van der Waals surface area contributed by atoms with Gasteiger partial charge >= 0.3 is 0 Å². The molecule has 13 heavy (non-hydrogen) atoms. The molecule has 0 aliphatic rings. The van der Waals surface area contributed by atoms with E-state index in [0.717, 1.165) is 12.3 Å². The fourth-order valence-electron chi connectivity index (χ4n) is 0.950. The van der Waals surface area contributed by atoms with Crippen molar-refractivity contribution >= 4 is 11.5 Å². The Morgan fingerprint density at radius 1 is 1.62 bits per heavy atom. The van der Waals surface area contributed by atoms with Crippen LogP contribution < -0.4 is 5.73 Å². The summed E-state index contributed by atoms with van der Waals surface area (Å²) in [6, 6.07) is -0.415. The first-order valence-corrected chi connectivity index (χ1v) is 4.53. The first kappa shape index (κ1) is 12.0. The van der Waals surface area contributed by atoms with E-state index in [1.807, 2.05) is 26.0 Å². The first-order chi connectivity index (χ1) is 6.11. The Kier molecular flexibility index (Phi) is 6.06. The number of carbonyl (C=O) groups is 1. The number of nitrogens with zero attached hydrogens (tertiary/aromatic N) is 1. The lowest BCUT2D eigenvalue weighted by molar-refractivity contribution is -0.118. The van der Waals surface area contributed by atoms with Crippen LogP contribution >= 0.6 is 0 Å². The van der Waals surface area contributed by atoms with Crippen LogP contribution in [0.3, 0.4) is 0 Å². The van der Waals surface area contributed by atoms with Crippen molar-refractivity contribution in [2.75, 3.05) is 6.54 Å². The molecule has 0 aromatic carbocycles. The second-order valence-electron chi connectivity index (χ2n) is 2.89. The molecule has 2 N–H and O–H groups in total. The van der Waals surface area contributed by atoms with E-state index in [2.05, 4.69) is 4.99 Å². The van der Waals surface area contributed by atoms with Gasteiger partial charge in [0.05, 0.1) is 6.04 Å². The minimum atomic E-state index is -0.415. The molecule has 0 aliphatic heterocycles. The molecule has 74 valence electrons. The molecule has 0 saturated carbocycles. The summed E-state index contributed by atoms with van der Waals surface area (Å²) < 4.78 is 0. The molecule has 3 nitrogen and oxygen atoms in total. The molecule has 0 saturated heterocycles. The van der Waals surface area contributed by atoms with Crippen LogP contribution in [0.1, 0.15) is 27.2 Å². The fraction of sp³-hybridized carbons (Fsp3) is 0.600. The molecular formula is C10H18N2O. The van der Waals surface area contributed by atoms with Crippen LogP contribution in [0.5, 0.6) is 0 Å². The predicted molar refractivity (Wildman–Crippen MR) is 56.1 cm³/mol. The zero-order valence-electron chi connectivity index (χ0n) is 8.58. The standard InChI is InChI=1S/C10H18N2O/c1-4-6-9(12-5-2)7-10(11)8(3)13/h4,6,10H,5,7,11H2,1-3H3/b6-4-,12-9?/t10-/m0/s1. The average molecular weight is 182 g/mol. The number of hydrogen-bond acceptors (Lipinski definition) is 3. The molecule has 0 rings (SSSR count). The number of aliphatic imine (C=N–C) groups is 1. The van der Waals surface area contributed by atoms with E-state index in [0.29, 0.717) is 6.42 Å². The van der Waals surface area contributed by atoms with Crippen LogP contribution in [-0.2, 0) is 4.79 Å². The van der Waals surface area contributed by atoms with Crippen LogP contribution in [0, 0.1) is 0 Å². The average Bonchev–Trinajstić information content (AvgIpc) is 2.05. The van der Waals surface area contributed by atoms with Gasteiger partial charge in [-0.15, -0.1) is 0 Å². The Labute approximate surface area is 79.7 Å². The topological polar surface area (TPSA) is 55.5 Å². The maximum Gasteiger partial charge on any atom is 0.146 e. The minimum absolute atomic E-state index is 0.00769. The monoisotopic (exact) mass is 182 g/mol. The number of carbonyl (C=O) groups excluding carboxylic acids is 1. The Hall–Kier alpha value is -0.960. The summed E-state index contributed by atoms with van der Waals surface area (Å²) in [6.45, 7) is 6.11. The van der Waals surface area contributed by atoms with Crippen molar-refractivity contribution in [3.05, 3.63) is 12.2 Å². The molecule has 0 spiro atoms. The van der Waals surface area contributed by atoms with Gasteiger partial charge in [0, 0.05) is 18.7 Å². The molecule has 3 heteroatoms. The lowest BCUT2D eigenvalue weighted by Gasteiger charge is -2.07. The molecule has 0 radical (unpaired) electrons. The molecule has 0 unspecified atom stereocenters. The van der Waals surface area contributed by atoms with Gasteiger partial charge in [0.2, 0.25) is 0 Å². The largest absolute Gasteiger partial charge is 0.321 e. The van der Waals surface area contributed by atoms with Gasteiger partial charge in [-0.25, -0.2) is 0 Å². The predicted octanol–water partition coefficient (Wildman–Crippen LogP) is 1.33. The number of nitrogens with two attached hydrogens (primary N) is 1. The fourth-order valence-corrected chi connectivity index (χ4v) is 0.950. The SMILES string of the molecule is C/C=C\C(C[C@H](N)C(C)=O)=NCC. The number of Topliss-reactive ketones (excluding diaryl/α,β-unsaturated/α-hetero) is 1. The maximum atomic E-state index is 10.9. The van der Waals surface area contributed by atoms with Crippen molar-refractivity contribution in [1.29, 1.82) is 0 Å². The summed E-state index contributed by atoms with van der Waals surface area (Å²) in [4.78, 5) is 15.1. The van der Waals surface area contributed by atoms with Gasteiger partial charge in [-0.3, -0.25) is 9.79 Å². The Balaban J connectivity index is 4.26. The minimum Gasteiger partial charge on any atom is -0.321 e. The van der Waals surface area contributed by atoms with Crippen molar-refractivity contribution in [3.63, 3.8) is 0 Å². The highest BCUT2D eigenvalue weighted by molar-refractivity contribution is 5.98. The highest BCUT2D eigenvalue weighted by atomic mass is 16.1. The summed E-state index contributed by atoms with van der Waals surface area (Å²) in [5.74, 6) is 0.00769. The summed E-state index contributed by atoms with van der Waals surface area (Å²) in [6.07, 6.45) is 4.33. The molecule has 0 aromatic rings. The molecule has 0 aromatic heterocycles. The Morgan fingerprint density at radius 2 is 2.23 bits per heavy atom. The third-order valence-corrected chi connectivity index (χ3v) is 1.67. The van der Waals surface area contributed by atoms with Gasteiger partial charge in [-0.2, -0.15) is 0 Å². The van der Waals surface area contributed by atoms with Crippen LogP contribution in [0.4, 0.5) is 0 Å². The molecule has 0 aliphatic carbocycles. The Bertz CT molecular complexity index is 219. The Morgan fingerprint density at radius 3 is 2.62 bits per heavy atom. The van der Waals surface area contributed by atoms with E-state index in [1.165, 1.54) is 6.92 Å². The van der Waals surface area contributed by atoms with Gasteiger partial charge in [0.1, 0.15) is 5.78 Å². The van der Waals surface area contributed by atoms with Crippen LogP contribution in [0.25, 0.3) is 0 Å². The van der Waals surface area contributed by atoms with Gasteiger partial charge < -0.3 is 5.73 Å². The quantitative estimate of drug-likeness (QED) is 0.652. The van der Waals surface area contributed by atoms with Gasteiger partial charge in [0.25, 0.3) is 0 Å². The van der Waals surface area contributed by atoms with E-state index < -0.39 is 6.04 Å². The zero-order valence-corrected chi connectivity index (χ0v) is 8.58. The van der Waals surface area contributed by atoms with Crippen molar-refractivity contribution < 1.29 is 4.79 Å². The van der Waals surface area contributed by atoms with Crippen molar-refractivity contribution in [1.82, 2.24) is 0 Å². The second-order valence-corrected chi connectivity index (χ2v) is 2.89. The number of rotatable bonds is 5. The lowest BCUT2D eigenvalue weighted by Crippen LogP contribution is -2.30. The van der Waals surface area contributed by atoms with Crippen molar-refractivity contribution in [2.45, 2.75) is 33.2 Å². The third kappa shape index (κ3) is 5.31. The number of ketones is 1. The molecule has 0 bridgehead atoms. The first-order valence-electron chi connectivity index (χ1n) is 4.53. The van der Waals surface area contributed by atoms with Crippen LogP contribution in [-0.4, -0.2) is 24.1 Å². The molecular weight excluding hydrogens is 164 g/mol. The van der Waals surface area contributed by atoms with Crippen molar-refractivity contribution in [3.8, 4) is 0 Å². The number of hydrogen-bond donors (Lipinski definition) is 1. The molecule has 0 fully saturated rings. The van der Waals surface area contributed by atoms with Crippen LogP contribution in [0.15, 0.2) is 17.1 Å². The lowest BCUT2D eigenvalue weighted by atomic mass is 10.1. The van der Waals surface area contributed by atoms with Gasteiger partial charge in [-0.1, -0.05) is 6.08 Å². The van der Waals surface area contributed by atoms with Gasteiger partial charge in [0.15, 0.2) is 0 Å². The van der Waals surface area contributed by atoms with E-state index in [-0.39, 0.29) is 5.78 Å². The smallest absolute Gasteiger partial charge is 0.146 e. The summed E-state index contributed by atoms with van der Waals surface area (Å²) in [7, 11) is 0. The third-order valence-electron chi connectivity index (χ3n) is 1.67. The summed E-state index contributed by atoms with van der Waals surface area (Å²) >= 11 is 0. The van der Waals surface area contributed by atoms with Crippen molar-refractivity contribution in [2.24, 2.45) is 10.7 Å².